The Morgan fingerprint density at radius 2 is 1.29 bits per heavy atom. The van der Waals surface area contributed by atoms with Gasteiger partial charge in [-0.1, -0.05) is 0 Å². The van der Waals surface area contributed by atoms with Crippen LogP contribution in [0, 0.1) is 0 Å². The number of unbranched alkanes of at least 4 members (excludes halogenated alkanes) is 3. The van der Waals surface area contributed by atoms with Gasteiger partial charge >= 0.3 is 152 Å². The Morgan fingerprint density at radius 1 is 0.833 bits per heavy atom. The van der Waals surface area contributed by atoms with Crippen molar-refractivity contribution in [2.45, 2.75) is 72.6 Å². The minimum atomic E-state index is -3.06. The van der Waals surface area contributed by atoms with Gasteiger partial charge in [-0.2, -0.15) is 0 Å². The van der Waals surface area contributed by atoms with Gasteiger partial charge in [0.1, 0.15) is 0 Å². The number of carbonyl (C=O) groups excluding carboxylic acids is 2. The van der Waals surface area contributed by atoms with Crippen LogP contribution in [0.3, 0.4) is 0 Å². The molecule has 0 saturated heterocycles. The first kappa shape index (κ1) is 21.2. The van der Waals surface area contributed by atoms with E-state index in [2.05, 4.69) is 20.8 Å². The van der Waals surface area contributed by atoms with Crippen LogP contribution in [0.1, 0.15) is 69.7 Å². The van der Waals surface area contributed by atoms with Crippen molar-refractivity contribution in [2.24, 2.45) is 0 Å². The van der Waals surface area contributed by atoms with E-state index in [-0.39, 0.29) is 0 Å². The van der Waals surface area contributed by atoms with Gasteiger partial charge < -0.3 is 0 Å². The monoisotopic (exact) mass is 440 g/mol. The summed E-state index contributed by atoms with van der Waals surface area (Å²) in [6.45, 7) is 6.52. The third-order valence-electron chi connectivity index (χ3n) is 4.49. The molecule has 0 aliphatic carbocycles. The number of Topliss-reactive ketones (excluding diaryl/α,β-unsaturated/α-hetero) is 1. The molecule has 1 aromatic rings. The molecule has 0 radical (unpaired) electrons. The van der Waals surface area contributed by atoms with E-state index in [1.54, 1.807) is 24.3 Å². The maximum absolute atomic E-state index is 12.5. The second-order valence-electron chi connectivity index (χ2n) is 6.58. The zero-order chi connectivity index (χ0) is 17.8. The first-order valence-electron chi connectivity index (χ1n) is 9.41. The molecule has 0 N–H and O–H groups in total. The molecule has 0 fully saturated rings. The van der Waals surface area contributed by atoms with E-state index in [4.69, 9.17) is 3.07 Å². The van der Waals surface area contributed by atoms with Crippen LogP contribution in [-0.2, 0) is 7.87 Å². The fraction of sp³-hybridized carbons (Fsp3) is 0.600. The van der Waals surface area contributed by atoms with Gasteiger partial charge in [0.25, 0.3) is 0 Å². The van der Waals surface area contributed by atoms with E-state index in [0.717, 1.165) is 51.8 Å². The summed E-state index contributed by atoms with van der Waals surface area (Å²) in [7, 11) is 0. The van der Waals surface area contributed by atoms with Crippen LogP contribution in [-0.4, -0.2) is 30.5 Å². The van der Waals surface area contributed by atoms with Crippen LogP contribution in [0.2, 0.25) is 13.3 Å². The first-order valence-corrected chi connectivity index (χ1v) is 16.6. The predicted octanol–water partition coefficient (Wildman–Crippen LogP) is 5.76. The van der Waals surface area contributed by atoms with E-state index in [1.807, 2.05) is 6.07 Å². The number of ketones is 1. The van der Waals surface area contributed by atoms with E-state index >= 15 is 0 Å². The van der Waals surface area contributed by atoms with Crippen LogP contribution in [0.4, 0.5) is 0 Å². The van der Waals surface area contributed by atoms with Crippen molar-refractivity contribution in [1.29, 1.82) is 0 Å². The zero-order valence-electron chi connectivity index (χ0n) is 15.5. The standard InChI is InChI=1S/C8H6O3.3C4H9.Sn/c9-7(8(10)11)6-4-2-1-3-5-6;3*1-3-4-2;/h1-5H,(H,10,11);3*1,3-4H2,2H3;/q;;;;+1/p-1. The Balaban J connectivity index is 2.90. The third kappa shape index (κ3) is 6.96. The fourth-order valence-electron chi connectivity index (χ4n) is 2.98. The molecule has 0 heterocycles. The van der Waals surface area contributed by atoms with Gasteiger partial charge in [0.15, 0.2) is 0 Å². The fourth-order valence-corrected chi connectivity index (χ4v) is 15.9. The summed E-state index contributed by atoms with van der Waals surface area (Å²) in [5, 5.41) is 0. The van der Waals surface area contributed by atoms with Crippen LogP contribution in [0.25, 0.3) is 0 Å². The SMILES string of the molecule is CCC[CH2][Sn]([CH2]CCC)([CH2]CCC)[O]C(=O)C(=O)c1ccccc1. The predicted molar refractivity (Wildman–Crippen MR) is 102 cm³/mol. The van der Waals surface area contributed by atoms with Crippen molar-refractivity contribution < 1.29 is 12.7 Å². The molecule has 4 heteroatoms. The number of carbonyl (C=O) groups is 2. The van der Waals surface area contributed by atoms with Crippen molar-refractivity contribution in [3.05, 3.63) is 35.9 Å². The number of hydrogen-bond acceptors (Lipinski definition) is 3. The summed E-state index contributed by atoms with van der Waals surface area (Å²) >= 11 is -3.06. The second-order valence-corrected chi connectivity index (χ2v) is 18.2. The van der Waals surface area contributed by atoms with Crippen molar-refractivity contribution in [2.75, 3.05) is 0 Å². The number of rotatable bonds is 12. The summed E-state index contributed by atoms with van der Waals surface area (Å²) in [4.78, 5) is 24.9. The Kier molecular flexibility index (Phi) is 10.3. The molecule has 0 spiro atoms. The zero-order valence-corrected chi connectivity index (χ0v) is 18.3. The van der Waals surface area contributed by atoms with Gasteiger partial charge in [-0.15, -0.1) is 0 Å². The Morgan fingerprint density at radius 3 is 1.71 bits per heavy atom. The molecule has 1 rings (SSSR count). The maximum atomic E-state index is 12.5. The summed E-state index contributed by atoms with van der Waals surface area (Å²) < 4.78 is 9.25. The van der Waals surface area contributed by atoms with Gasteiger partial charge in [-0.25, -0.2) is 0 Å². The van der Waals surface area contributed by atoms with E-state index in [0.29, 0.717) is 5.56 Å². The third-order valence-corrected chi connectivity index (χ3v) is 17.1. The molecule has 0 atom stereocenters. The van der Waals surface area contributed by atoms with Crippen molar-refractivity contribution in [3.8, 4) is 0 Å². The Hall–Kier alpha value is -0.841. The Labute approximate surface area is 151 Å². The van der Waals surface area contributed by atoms with Crippen molar-refractivity contribution in [1.82, 2.24) is 0 Å². The van der Waals surface area contributed by atoms with Crippen LogP contribution < -0.4 is 0 Å². The molecule has 0 amide bonds. The summed E-state index contributed by atoms with van der Waals surface area (Å²) in [5.74, 6) is -1.10. The Bertz CT molecular complexity index is 477. The quantitative estimate of drug-likeness (QED) is 0.236. The molecule has 134 valence electrons. The first-order chi connectivity index (χ1) is 11.6. The topological polar surface area (TPSA) is 43.4 Å². The van der Waals surface area contributed by atoms with Gasteiger partial charge in [-0.3, -0.25) is 0 Å². The summed E-state index contributed by atoms with van der Waals surface area (Å²) in [6.07, 6.45) is 6.66. The summed E-state index contributed by atoms with van der Waals surface area (Å²) in [6, 6.07) is 8.77. The molecule has 0 aliphatic heterocycles. The molecule has 3 nitrogen and oxygen atoms in total. The van der Waals surface area contributed by atoms with Crippen LogP contribution in [0.15, 0.2) is 30.3 Å². The molecular weight excluding hydrogens is 407 g/mol. The van der Waals surface area contributed by atoms with E-state index < -0.39 is 30.5 Å². The van der Waals surface area contributed by atoms with Crippen molar-refractivity contribution in [3.63, 3.8) is 0 Å². The van der Waals surface area contributed by atoms with Gasteiger partial charge in [-0.05, 0) is 0 Å². The van der Waals surface area contributed by atoms with E-state index in [1.165, 1.54) is 0 Å². The number of benzene rings is 1. The molecule has 0 unspecified atom stereocenters. The van der Waals surface area contributed by atoms with Gasteiger partial charge in [0, 0.05) is 0 Å². The average Bonchev–Trinajstić information content (AvgIpc) is 2.62. The van der Waals surface area contributed by atoms with Gasteiger partial charge in [0.2, 0.25) is 0 Å². The second kappa shape index (κ2) is 11.7. The van der Waals surface area contributed by atoms with Crippen LogP contribution >= 0.6 is 0 Å². The van der Waals surface area contributed by atoms with Crippen molar-refractivity contribution >= 4 is 30.5 Å². The normalized spacial score (nSPS) is 11.3. The average molecular weight is 439 g/mol. The molecular formula is C20H32O3Sn. The molecule has 0 bridgehead atoms. The molecule has 0 saturated carbocycles. The molecule has 24 heavy (non-hydrogen) atoms. The molecule has 0 aromatic heterocycles. The van der Waals surface area contributed by atoms with Gasteiger partial charge in [0.05, 0.1) is 0 Å². The van der Waals surface area contributed by atoms with E-state index in [9.17, 15) is 9.59 Å². The minimum absolute atomic E-state index is 0.434. The molecule has 1 aromatic carbocycles. The summed E-state index contributed by atoms with van der Waals surface area (Å²) in [5.41, 5.74) is 0.434. The number of hydrogen-bond donors (Lipinski definition) is 0. The van der Waals surface area contributed by atoms with Crippen LogP contribution in [0.5, 0.6) is 0 Å². The molecule has 0 aliphatic rings.